The Kier molecular flexibility index (Phi) is 3.16. The first kappa shape index (κ1) is 9.13. The molecule has 0 aliphatic heterocycles. The van der Waals surface area contributed by atoms with Crippen molar-refractivity contribution in [2.24, 2.45) is 0 Å². The summed E-state index contributed by atoms with van der Waals surface area (Å²) in [5, 5.41) is 0. The zero-order valence-corrected chi connectivity index (χ0v) is 9.17. The SMILES string of the molecule is O=C1C=CC(=O)C(CCC[SiH3])=C1. The molecule has 3 heteroatoms. The molecule has 0 saturated carbocycles. The van der Waals surface area contributed by atoms with Gasteiger partial charge in [-0.25, -0.2) is 0 Å². The van der Waals surface area contributed by atoms with Crippen LogP contribution in [0.3, 0.4) is 0 Å². The monoisotopic (exact) mass is 180 g/mol. The number of ketones is 2. The van der Waals surface area contributed by atoms with Gasteiger partial charge in [-0.1, -0.05) is 12.5 Å². The summed E-state index contributed by atoms with van der Waals surface area (Å²) in [6.45, 7) is 0. The van der Waals surface area contributed by atoms with E-state index in [1.165, 1.54) is 34.5 Å². The lowest BCUT2D eigenvalue weighted by molar-refractivity contribution is -0.114. The molecule has 1 rings (SSSR count). The first-order valence-electron chi connectivity index (χ1n) is 4.21. The third kappa shape index (κ3) is 2.27. The molecule has 0 amide bonds. The molecule has 64 valence electrons. The van der Waals surface area contributed by atoms with Crippen LogP contribution in [0.15, 0.2) is 23.8 Å². The summed E-state index contributed by atoms with van der Waals surface area (Å²) in [5.74, 6) is -0.0531. The minimum Gasteiger partial charge on any atom is -0.290 e. The van der Waals surface area contributed by atoms with Gasteiger partial charge in [0.05, 0.1) is 0 Å². The Morgan fingerprint density at radius 1 is 1.25 bits per heavy atom. The summed E-state index contributed by atoms with van der Waals surface area (Å²) in [7, 11) is 1.17. The molecule has 0 aromatic rings. The lowest BCUT2D eigenvalue weighted by Gasteiger charge is -2.04. The fourth-order valence-corrected chi connectivity index (χ4v) is 1.47. The van der Waals surface area contributed by atoms with Gasteiger partial charge in [-0.3, -0.25) is 9.59 Å². The fraction of sp³-hybridized carbons (Fsp3) is 0.333. The van der Waals surface area contributed by atoms with Gasteiger partial charge in [0, 0.05) is 15.8 Å². The fourth-order valence-electron chi connectivity index (χ4n) is 1.12. The number of allylic oxidation sites excluding steroid dienone is 4. The summed E-state index contributed by atoms with van der Waals surface area (Å²) >= 11 is 0. The van der Waals surface area contributed by atoms with Gasteiger partial charge in [-0.2, -0.15) is 0 Å². The van der Waals surface area contributed by atoms with E-state index < -0.39 is 0 Å². The van der Waals surface area contributed by atoms with Crippen molar-refractivity contribution in [3.63, 3.8) is 0 Å². The van der Waals surface area contributed by atoms with E-state index in [-0.39, 0.29) is 11.6 Å². The molecule has 0 radical (unpaired) electrons. The van der Waals surface area contributed by atoms with Crippen LogP contribution in [0.5, 0.6) is 0 Å². The molecule has 1 aliphatic rings. The van der Waals surface area contributed by atoms with Crippen molar-refractivity contribution in [1.29, 1.82) is 0 Å². The second-order valence-electron chi connectivity index (χ2n) is 2.87. The van der Waals surface area contributed by atoms with Crippen molar-refractivity contribution in [2.45, 2.75) is 18.9 Å². The molecule has 0 saturated heterocycles. The van der Waals surface area contributed by atoms with E-state index in [1.807, 2.05) is 0 Å². The standard InChI is InChI=1S/C9H12O2Si/c10-8-3-4-9(11)7(6-8)2-1-5-12/h3-4,6H,1-2,5H2,12H3. The highest BCUT2D eigenvalue weighted by Crippen LogP contribution is 2.12. The lowest BCUT2D eigenvalue weighted by Crippen LogP contribution is -2.07. The molecular weight excluding hydrogens is 168 g/mol. The molecule has 0 heterocycles. The lowest BCUT2D eigenvalue weighted by atomic mass is 10.00. The Bertz CT molecular complexity index is 264. The van der Waals surface area contributed by atoms with Crippen molar-refractivity contribution in [1.82, 2.24) is 0 Å². The van der Waals surface area contributed by atoms with Gasteiger partial charge in [-0.05, 0) is 24.6 Å². The molecule has 0 aromatic carbocycles. The molecule has 0 aromatic heterocycles. The van der Waals surface area contributed by atoms with Crippen LogP contribution in [0.1, 0.15) is 12.8 Å². The topological polar surface area (TPSA) is 34.1 Å². The molecule has 1 aliphatic carbocycles. The second-order valence-corrected chi connectivity index (χ2v) is 3.87. The largest absolute Gasteiger partial charge is 0.290 e. The van der Waals surface area contributed by atoms with Crippen LogP contribution in [-0.2, 0) is 9.59 Å². The summed E-state index contributed by atoms with van der Waals surface area (Å²) in [4.78, 5) is 22.0. The summed E-state index contributed by atoms with van der Waals surface area (Å²) in [5.41, 5.74) is 0.679. The van der Waals surface area contributed by atoms with Gasteiger partial charge in [0.1, 0.15) is 0 Å². The van der Waals surface area contributed by atoms with E-state index in [0.717, 1.165) is 12.8 Å². The molecule has 0 N–H and O–H groups in total. The van der Waals surface area contributed by atoms with E-state index in [0.29, 0.717) is 5.57 Å². The quantitative estimate of drug-likeness (QED) is 0.459. The van der Waals surface area contributed by atoms with Gasteiger partial charge in [0.15, 0.2) is 11.6 Å². The Morgan fingerprint density at radius 3 is 2.67 bits per heavy atom. The molecule has 0 spiro atoms. The molecule has 2 nitrogen and oxygen atoms in total. The molecule has 0 unspecified atom stereocenters. The third-order valence-electron chi connectivity index (χ3n) is 1.83. The van der Waals surface area contributed by atoms with Gasteiger partial charge < -0.3 is 0 Å². The predicted octanol–water partition coefficient (Wildman–Crippen LogP) is 0.185. The average molecular weight is 180 g/mol. The third-order valence-corrected chi connectivity index (χ3v) is 2.54. The zero-order valence-electron chi connectivity index (χ0n) is 7.17. The first-order valence-corrected chi connectivity index (χ1v) is 5.62. The van der Waals surface area contributed by atoms with Crippen LogP contribution < -0.4 is 0 Å². The normalized spacial score (nSPS) is 16.8. The molecule has 0 fully saturated rings. The van der Waals surface area contributed by atoms with Crippen molar-refractivity contribution in [2.75, 3.05) is 0 Å². The maximum atomic E-state index is 11.1. The average Bonchev–Trinajstić information content (AvgIpc) is 2.07. The first-order chi connectivity index (χ1) is 5.74. The van der Waals surface area contributed by atoms with Crippen molar-refractivity contribution in [3.05, 3.63) is 23.8 Å². The highest BCUT2D eigenvalue weighted by Gasteiger charge is 2.11. The van der Waals surface area contributed by atoms with E-state index in [9.17, 15) is 9.59 Å². The van der Waals surface area contributed by atoms with Crippen LogP contribution in [0.25, 0.3) is 0 Å². The molecular formula is C9H12O2Si. The second kappa shape index (κ2) is 4.16. The van der Waals surface area contributed by atoms with Gasteiger partial charge in [-0.15, -0.1) is 0 Å². The van der Waals surface area contributed by atoms with Crippen LogP contribution in [0.4, 0.5) is 0 Å². The Hall–Kier alpha value is -0.963. The highest BCUT2D eigenvalue weighted by atomic mass is 28.1. The predicted molar refractivity (Wildman–Crippen MR) is 51.2 cm³/mol. The minimum atomic E-state index is -0.0575. The van der Waals surface area contributed by atoms with Gasteiger partial charge >= 0.3 is 0 Å². The maximum Gasteiger partial charge on any atom is 0.182 e. The van der Waals surface area contributed by atoms with E-state index in [2.05, 4.69) is 0 Å². The Morgan fingerprint density at radius 2 is 2.00 bits per heavy atom. The minimum absolute atomic E-state index is 0.00437. The van der Waals surface area contributed by atoms with Crippen LogP contribution in [0.2, 0.25) is 6.04 Å². The van der Waals surface area contributed by atoms with Gasteiger partial charge in [0.25, 0.3) is 0 Å². The van der Waals surface area contributed by atoms with Crippen LogP contribution >= 0.6 is 0 Å². The Labute approximate surface area is 74.8 Å². The van der Waals surface area contributed by atoms with Crippen molar-refractivity contribution >= 4 is 21.8 Å². The van der Waals surface area contributed by atoms with Crippen LogP contribution in [-0.4, -0.2) is 21.8 Å². The van der Waals surface area contributed by atoms with E-state index in [1.54, 1.807) is 0 Å². The molecule has 0 bridgehead atoms. The van der Waals surface area contributed by atoms with Gasteiger partial charge in [0.2, 0.25) is 0 Å². The van der Waals surface area contributed by atoms with Crippen molar-refractivity contribution < 1.29 is 9.59 Å². The number of hydrogen-bond donors (Lipinski definition) is 0. The molecule has 12 heavy (non-hydrogen) atoms. The number of carbonyl (C=O) groups excluding carboxylic acids is 2. The van der Waals surface area contributed by atoms with E-state index in [4.69, 9.17) is 0 Å². The van der Waals surface area contributed by atoms with Crippen LogP contribution in [0, 0.1) is 0 Å². The maximum absolute atomic E-state index is 11.1. The zero-order chi connectivity index (χ0) is 8.97. The highest BCUT2D eigenvalue weighted by molar-refractivity contribution is 6.17. The molecule has 0 atom stereocenters. The number of hydrogen-bond acceptors (Lipinski definition) is 2. The smallest absolute Gasteiger partial charge is 0.182 e. The van der Waals surface area contributed by atoms with Crippen molar-refractivity contribution in [3.8, 4) is 0 Å². The summed E-state index contributed by atoms with van der Waals surface area (Å²) in [6.07, 6.45) is 5.94. The Balaban J connectivity index is 2.62. The van der Waals surface area contributed by atoms with E-state index >= 15 is 0 Å². The summed E-state index contributed by atoms with van der Waals surface area (Å²) < 4.78 is 0. The number of carbonyl (C=O) groups is 2. The number of rotatable bonds is 3. The summed E-state index contributed by atoms with van der Waals surface area (Å²) in [6, 6.07) is 1.18.